The number of nitro benzene ring substituents is 2. The van der Waals surface area contributed by atoms with E-state index in [-0.39, 0.29) is 39.6 Å². The van der Waals surface area contributed by atoms with Gasteiger partial charge in [-0.3, -0.25) is 25.0 Å². The SMILES string of the molecule is O=C1[C@H]2[C@@H]3C[C@@H](CN3S(=O)(=O)c3ccc(Cl)c([N+](=O)[O-])c3)N2C(=O)N1c1ccc([N+](=O)[O-])c2ccccc12. The number of nitro groups is 2. The van der Waals surface area contributed by atoms with Crippen LogP contribution in [0.1, 0.15) is 6.42 Å². The molecule has 3 saturated heterocycles. The average Bonchev–Trinajstić information content (AvgIpc) is 3.55. The molecule has 3 aliphatic heterocycles. The molecule has 38 heavy (non-hydrogen) atoms. The minimum atomic E-state index is -4.27. The minimum absolute atomic E-state index is 0.0895. The minimum Gasteiger partial charge on any atom is -0.306 e. The summed E-state index contributed by atoms with van der Waals surface area (Å²) in [5.41, 5.74) is -0.585. The van der Waals surface area contributed by atoms with E-state index in [2.05, 4.69) is 0 Å². The number of anilines is 1. The van der Waals surface area contributed by atoms with Crippen LogP contribution in [0.25, 0.3) is 10.8 Å². The number of sulfonamides is 1. The van der Waals surface area contributed by atoms with Crippen molar-refractivity contribution in [1.82, 2.24) is 9.21 Å². The molecule has 3 heterocycles. The number of hydrogen-bond donors (Lipinski definition) is 0. The highest BCUT2D eigenvalue weighted by Gasteiger charge is 2.64. The number of urea groups is 1. The van der Waals surface area contributed by atoms with Crippen molar-refractivity contribution in [2.75, 3.05) is 11.4 Å². The van der Waals surface area contributed by atoms with Gasteiger partial charge in [0.05, 0.1) is 31.9 Å². The Labute approximate surface area is 219 Å². The van der Waals surface area contributed by atoms with E-state index in [1.54, 1.807) is 18.2 Å². The smallest absolute Gasteiger partial charge is 0.306 e. The molecule has 13 nitrogen and oxygen atoms in total. The Hall–Kier alpha value is -4.14. The van der Waals surface area contributed by atoms with E-state index < -0.39 is 55.6 Å². The number of carbonyl (C=O) groups is 2. The summed E-state index contributed by atoms with van der Waals surface area (Å²) in [4.78, 5) is 50.5. The Kier molecular flexibility index (Phi) is 5.21. The summed E-state index contributed by atoms with van der Waals surface area (Å²) in [7, 11) is -4.27. The molecule has 0 radical (unpaired) electrons. The quantitative estimate of drug-likeness (QED) is 0.262. The lowest BCUT2D eigenvalue weighted by Gasteiger charge is -2.34. The number of fused-ring (bicyclic) bond motifs is 6. The van der Waals surface area contributed by atoms with E-state index >= 15 is 0 Å². The van der Waals surface area contributed by atoms with E-state index in [9.17, 15) is 38.2 Å². The summed E-state index contributed by atoms with van der Waals surface area (Å²) >= 11 is 5.83. The molecule has 0 spiro atoms. The molecule has 0 unspecified atom stereocenters. The highest BCUT2D eigenvalue weighted by Crippen LogP contribution is 2.46. The van der Waals surface area contributed by atoms with Gasteiger partial charge in [0.15, 0.2) is 0 Å². The lowest BCUT2D eigenvalue weighted by atomic mass is 10.1. The third-order valence-electron chi connectivity index (χ3n) is 7.25. The van der Waals surface area contributed by atoms with Crippen molar-refractivity contribution < 1.29 is 27.9 Å². The summed E-state index contributed by atoms with van der Waals surface area (Å²) in [6.45, 7) is -0.0895. The zero-order valence-electron chi connectivity index (χ0n) is 19.1. The first-order chi connectivity index (χ1) is 18.0. The molecule has 3 atom stereocenters. The van der Waals surface area contributed by atoms with Crippen LogP contribution >= 0.6 is 11.6 Å². The van der Waals surface area contributed by atoms with E-state index in [1.165, 1.54) is 23.1 Å². The van der Waals surface area contributed by atoms with Crippen LogP contribution < -0.4 is 4.90 Å². The fourth-order valence-electron chi connectivity index (χ4n) is 5.66. The summed E-state index contributed by atoms with van der Waals surface area (Å²) in [6, 6.07) is 8.83. The van der Waals surface area contributed by atoms with Crippen LogP contribution in [0.5, 0.6) is 0 Å². The van der Waals surface area contributed by atoms with Gasteiger partial charge < -0.3 is 4.90 Å². The molecule has 15 heteroatoms. The number of benzene rings is 3. The van der Waals surface area contributed by atoms with E-state index in [0.29, 0.717) is 5.39 Å². The molecular weight excluding hydrogens is 542 g/mol. The van der Waals surface area contributed by atoms with Crippen LogP contribution in [0, 0.1) is 20.2 Å². The highest BCUT2D eigenvalue weighted by atomic mass is 35.5. The maximum Gasteiger partial charge on any atom is 0.332 e. The summed E-state index contributed by atoms with van der Waals surface area (Å²) in [5, 5.41) is 23.1. The van der Waals surface area contributed by atoms with Crippen molar-refractivity contribution in [2.24, 2.45) is 0 Å². The Morgan fingerprint density at radius 3 is 2.29 bits per heavy atom. The van der Waals surface area contributed by atoms with Gasteiger partial charge in [-0.1, -0.05) is 29.8 Å². The van der Waals surface area contributed by atoms with Gasteiger partial charge >= 0.3 is 6.03 Å². The van der Waals surface area contributed by atoms with Crippen LogP contribution in [0.15, 0.2) is 59.5 Å². The molecule has 3 aromatic carbocycles. The first-order valence-corrected chi connectivity index (χ1v) is 13.1. The zero-order chi connectivity index (χ0) is 27.1. The van der Waals surface area contributed by atoms with Gasteiger partial charge in [-0.25, -0.2) is 18.1 Å². The van der Waals surface area contributed by atoms with Crippen LogP contribution in [-0.4, -0.2) is 64.1 Å². The van der Waals surface area contributed by atoms with E-state index in [1.807, 2.05) is 0 Å². The average molecular weight is 558 g/mol. The lowest BCUT2D eigenvalue weighted by Crippen LogP contribution is -2.54. The van der Waals surface area contributed by atoms with Crippen molar-refractivity contribution >= 4 is 61.4 Å². The number of halogens is 1. The van der Waals surface area contributed by atoms with E-state index in [4.69, 9.17) is 11.6 Å². The number of nitrogens with zero attached hydrogens (tertiary/aromatic N) is 5. The zero-order valence-corrected chi connectivity index (χ0v) is 20.7. The van der Waals surface area contributed by atoms with Crippen molar-refractivity contribution in [1.29, 1.82) is 0 Å². The normalized spacial score (nSPS) is 22.9. The van der Waals surface area contributed by atoms with Gasteiger partial charge in [0.25, 0.3) is 17.3 Å². The Morgan fingerprint density at radius 1 is 0.921 bits per heavy atom. The molecule has 6 rings (SSSR count). The third-order valence-corrected chi connectivity index (χ3v) is 9.46. The number of imide groups is 1. The monoisotopic (exact) mass is 557 g/mol. The topological polar surface area (TPSA) is 164 Å². The Balaban J connectivity index is 1.38. The fourth-order valence-corrected chi connectivity index (χ4v) is 7.55. The Morgan fingerprint density at radius 2 is 1.61 bits per heavy atom. The third kappa shape index (κ3) is 3.23. The molecule has 0 N–H and O–H groups in total. The highest BCUT2D eigenvalue weighted by molar-refractivity contribution is 7.89. The molecule has 3 aromatic rings. The fraction of sp³-hybridized carbons (Fsp3) is 0.217. The Bertz CT molecular complexity index is 1710. The van der Waals surface area contributed by atoms with Crippen molar-refractivity contribution in [3.63, 3.8) is 0 Å². The molecule has 3 aliphatic rings. The second kappa shape index (κ2) is 8.18. The summed E-state index contributed by atoms with van der Waals surface area (Å²) < 4.78 is 28.1. The predicted molar refractivity (Wildman–Crippen MR) is 133 cm³/mol. The number of amides is 3. The van der Waals surface area contributed by atoms with Crippen LogP contribution in [0.2, 0.25) is 5.02 Å². The number of hydrogen-bond acceptors (Lipinski definition) is 8. The van der Waals surface area contributed by atoms with Gasteiger partial charge in [-0.05, 0) is 30.7 Å². The van der Waals surface area contributed by atoms with Gasteiger partial charge in [0, 0.05) is 30.1 Å². The molecule has 0 aliphatic carbocycles. The van der Waals surface area contributed by atoms with E-state index in [0.717, 1.165) is 27.4 Å². The van der Waals surface area contributed by atoms with Crippen molar-refractivity contribution in [3.05, 3.63) is 79.8 Å². The summed E-state index contributed by atoms with van der Waals surface area (Å²) in [5.74, 6) is -0.650. The predicted octanol–water partition coefficient (Wildman–Crippen LogP) is 3.29. The maximum atomic E-state index is 13.6. The number of piperazine rings is 1. The van der Waals surface area contributed by atoms with Gasteiger partial charge in [0.1, 0.15) is 11.1 Å². The maximum absolute atomic E-state index is 13.6. The molecule has 194 valence electrons. The molecule has 0 saturated carbocycles. The standard InChI is InChI=1S/C23H16ClN5O8S/c24-16-6-5-13(10-19(16)29(34)35)38(36,37)25-11-12-9-20(25)21-22(30)27(23(31)26(12)21)17-7-8-18(28(32)33)15-4-2-1-3-14(15)17/h1-8,10,12,20-21H,9,11H2/t12-,20-,21+/m0/s1. The van der Waals surface area contributed by atoms with Crippen molar-refractivity contribution in [2.45, 2.75) is 29.4 Å². The van der Waals surface area contributed by atoms with Gasteiger partial charge in [-0.2, -0.15) is 4.31 Å². The largest absolute Gasteiger partial charge is 0.332 e. The number of non-ortho nitro benzene ring substituents is 1. The second-order valence-corrected chi connectivity index (χ2v) is 11.4. The molecular formula is C23H16ClN5O8S. The van der Waals surface area contributed by atoms with Crippen molar-refractivity contribution in [3.8, 4) is 0 Å². The van der Waals surface area contributed by atoms with Crippen LogP contribution in [-0.2, 0) is 14.8 Å². The first-order valence-electron chi connectivity index (χ1n) is 11.3. The second-order valence-electron chi connectivity index (χ2n) is 9.12. The molecule has 0 aromatic heterocycles. The first kappa shape index (κ1) is 24.2. The molecule has 3 fully saturated rings. The van der Waals surface area contributed by atoms with Gasteiger partial charge in [0.2, 0.25) is 10.0 Å². The number of rotatable bonds is 5. The molecule has 3 amide bonds. The number of carbonyl (C=O) groups excluding carboxylic acids is 2. The van der Waals surface area contributed by atoms with Gasteiger partial charge in [-0.15, -0.1) is 0 Å². The summed E-state index contributed by atoms with van der Waals surface area (Å²) in [6.07, 6.45) is 0.228. The van der Waals surface area contributed by atoms with Crippen LogP contribution in [0.4, 0.5) is 21.9 Å². The lowest BCUT2D eigenvalue weighted by molar-refractivity contribution is -0.384. The molecule has 2 bridgehead atoms. The van der Waals surface area contributed by atoms with Crippen LogP contribution in [0.3, 0.4) is 0 Å².